The predicted molar refractivity (Wildman–Crippen MR) is 82.1 cm³/mol. The highest BCUT2D eigenvalue weighted by Crippen LogP contribution is 2.24. The van der Waals surface area contributed by atoms with Crippen molar-refractivity contribution in [1.29, 1.82) is 0 Å². The van der Waals surface area contributed by atoms with E-state index in [1.54, 1.807) is 7.11 Å². The van der Waals surface area contributed by atoms with Gasteiger partial charge in [0.25, 0.3) is 0 Å². The molecule has 112 valence electrons. The lowest BCUT2D eigenvalue weighted by Gasteiger charge is -2.33. The van der Waals surface area contributed by atoms with Crippen LogP contribution >= 0.6 is 0 Å². The number of ether oxygens (including phenoxy) is 1. The smallest absolute Gasteiger partial charge is 0.118 e. The molecule has 3 atom stereocenters. The van der Waals surface area contributed by atoms with Gasteiger partial charge in [0.2, 0.25) is 0 Å². The van der Waals surface area contributed by atoms with Gasteiger partial charge in [0, 0.05) is 18.7 Å². The molecule has 1 aliphatic rings. The lowest BCUT2D eigenvalue weighted by molar-refractivity contribution is 0.147. The summed E-state index contributed by atoms with van der Waals surface area (Å²) in [5.41, 5.74) is 1.32. The molecule has 0 amide bonds. The maximum Gasteiger partial charge on any atom is 0.118 e. The molecule has 3 nitrogen and oxygen atoms in total. The van der Waals surface area contributed by atoms with Crippen LogP contribution < -0.4 is 10.1 Å². The topological polar surface area (TPSA) is 41.5 Å². The Morgan fingerprint density at radius 3 is 2.60 bits per heavy atom. The lowest BCUT2D eigenvalue weighted by Crippen LogP contribution is -2.45. The van der Waals surface area contributed by atoms with Gasteiger partial charge in [-0.1, -0.05) is 25.0 Å². The first-order valence-electron chi connectivity index (χ1n) is 7.72. The van der Waals surface area contributed by atoms with Crippen LogP contribution in [0.25, 0.3) is 0 Å². The molecule has 0 bridgehead atoms. The number of rotatable bonds is 6. The molecule has 0 aliphatic heterocycles. The summed E-state index contributed by atoms with van der Waals surface area (Å²) in [7, 11) is 1.69. The van der Waals surface area contributed by atoms with Crippen LogP contribution in [-0.4, -0.2) is 30.9 Å². The average molecular weight is 277 g/mol. The zero-order valence-electron chi connectivity index (χ0n) is 12.6. The lowest BCUT2D eigenvalue weighted by atomic mass is 9.84. The first-order chi connectivity index (χ1) is 9.72. The Balaban J connectivity index is 1.85. The highest BCUT2D eigenvalue weighted by atomic mass is 16.5. The summed E-state index contributed by atoms with van der Waals surface area (Å²) in [4.78, 5) is 0. The van der Waals surface area contributed by atoms with E-state index in [2.05, 4.69) is 24.4 Å². The van der Waals surface area contributed by atoms with E-state index < -0.39 is 0 Å². The van der Waals surface area contributed by atoms with Gasteiger partial charge in [-0.25, -0.2) is 0 Å². The Bertz CT molecular complexity index is 390. The van der Waals surface area contributed by atoms with Gasteiger partial charge < -0.3 is 15.2 Å². The van der Waals surface area contributed by atoms with E-state index in [0.29, 0.717) is 24.6 Å². The van der Waals surface area contributed by atoms with Gasteiger partial charge in [-0.05, 0) is 49.8 Å². The van der Waals surface area contributed by atoms with E-state index in [9.17, 15) is 5.11 Å². The van der Waals surface area contributed by atoms with Crippen LogP contribution in [0.5, 0.6) is 5.75 Å². The van der Waals surface area contributed by atoms with Crippen molar-refractivity contribution in [2.75, 3.05) is 13.7 Å². The number of aliphatic hydroxyl groups excluding tert-OH is 1. The van der Waals surface area contributed by atoms with Gasteiger partial charge in [0.05, 0.1) is 7.11 Å². The SMILES string of the molecule is COc1ccc(CC(C)NC2CCCCC2CO)cc1. The van der Waals surface area contributed by atoms with Crippen molar-refractivity contribution in [2.24, 2.45) is 5.92 Å². The molecule has 0 radical (unpaired) electrons. The van der Waals surface area contributed by atoms with Crippen LogP contribution in [0, 0.1) is 5.92 Å². The summed E-state index contributed by atoms with van der Waals surface area (Å²) in [6, 6.07) is 9.18. The Morgan fingerprint density at radius 2 is 1.95 bits per heavy atom. The summed E-state index contributed by atoms with van der Waals surface area (Å²) in [5.74, 6) is 1.34. The van der Waals surface area contributed by atoms with E-state index in [1.807, 2.05) is 12.1 Å². The van der Waals surface area contributed by atoms with Crippen LogP contribution in [-0.2, 0) is 6.42 Å². The van der Waals surface area contributed by atoms with Gasteiger partial charge in [-0.15, -0.1) is 0 Å². The van der Waals surface area contributed by atoms with E-state index in [0.717, 1.165) is 18.6 Å². The fourth-order valence-electron chi connectivity index (χ4n) is 3.19. The maximum absolute atomic E-state index is 9.47. The van der Waals surface area contributed by atoms with Crippen molar-refractivity contribution in [3.8, 4) is 5.75 Å². The molecule has 1 aromatic rings. The van der Waals surface area contributed by atoms with E-state index in [1.165, 1.54) is 24.8 Å². The summed E-state index contributed by atoms with van der Waals surface area (Å²) < 4.78 is 5.18. The van der Waals surface area contributed by atoms with Crippen molar-refractivity contribution < 1.29 is 9.84 Å². The fraction of sp³-hybridized carbons (Fsp3) is 0.647. The highest BCUT2D eigenvalue weighted by molar-refractivity contribution is 5.27. The summed E-state index contributed by atoms with van der Waals surface area (Å²) >= 11 is 0. The third kappa shape index (κ3) is 4.22. The molecule has 20 heavy (non-hydrogen) atoms. The molecule has 0 heterocycles. The number of benzene rings is 1. The van der Waals surface area contributed by atoms with E-state index >= 15 is 0 Å². The zero-order chi connectivity index (χ0) is 14.4. The molecule has 1 aromatic carbocycles. The first-order valence-corrected chi connectivity index (χ1v) is 7.72. The van der Waals surface area contributed by atoms with Crippen molar-refractivity contribution in [3.63, 3.8) is 0 Å². The molecule has 3 unspecified atom stereocenters. The van der Waals surface area contributed by atoms with Gasteiger partial charge in [0.15, 0.2) is 0 Å². The largest absolute Gasteiger partial charge is 0.497 e. The molecule has 0 saturated heterocycles. The summed E-state index contributed by atoms with van der Waals surface area (Å²) in [5, 5.41) is 13.2. The molecule has 0 spiro atoms. The first kappa shape index (κ1) is 15.3. The minimum Gasteiger partial charge on any atom is -0.497 e. The zero-order valence-corrected chi connectivity index (χ0v) is 12.6. The molecule has 1 saturated carbocycles. The number of hydrogen-bond donors (Lipinski definition) is 2. The maximum atomic E-state index is 9.47. The van der Waals surface area contributed by atoms with Crippen LogP contribution in [0.3, 0.4) is 0 Å². The number of aliphatic hydroxyl groups is 1. The van der Waals surface area contributed by atoms with Gasteiger partial charge >= 0.3 is 0 Å². The molecule has 0 aromatic heterocycles. The number of nitrogens with one attached hydrogen (secondary N) is 1. The molecule has 1 fully saturated rings. The standard InChI is InChI=1S/C17H27NO2/c1-13(11-14-7-9-16(20-2)10-8-14)18-17-6-4-3-5-15(17)12-19/h7-10,13,15,17-19H,3-6,11-12H2,1-2H3. The highest BCUT2D eigenvalue weighted by Gasteiger charge is 2.25. The van der Waals surface area contributed by atoms with Crippen LogP contribution in [0.2, 0.25) is 0 Å². The second kappa shape index (κ2) is 7.65. The van der Waals surface area contributed by atoms with Gasteiger partial charge in [0.1, 0.15) is 5.75 Å². The van der Waals surface area contributed by atoms with Crippen molar-refractivity contribution in [1.82, 2.24) is 5.32 Å². The molecular weight excluding hydrogens is 250 g/mol. The Hall–Kier alpha value is -1.06. The summed E-state index contributed by atoms with van der Waals surface area (Å²) in [6.07, 6.45) is 5.90. The average Bonchev–Trinajstić information content (AvgIpc) is 2.48. The Labute approximate surface area is 122 Å². The van der Waals surface area contributed by atoms with E-state index in [-0.39, 0.29) is 0 Å². The Kier molecular flexibility index (Phi) is 5.86. The summed E-state index contributed by atoms with van der Waals surface area (Å²) in [6.45, 7) is 2.54. The van der Waals surface area contributed by atoms with Crippen molar-refractivity contribution in [3.05, 3.63) is 29.8 Å². The molecule has 2 N–H and O–H groups in total. The quantitative estimate of drug-likeness (QED) is 0.840. The predicted octanol–water partition coefficient (Wildman–Crippen LogP) is 2.77. The fourth-order valence-corrected chi connectivity index (χ4v) is 3.19. The van der Waals surface area contributed by atoms with E-state index in [4.69, 9.17) is 4.74 Å². The number of methoxy groups -OCH3 is 1. The van der Waals surface area contributed by atoms with Gasteiger partial charge in [-0.2, -0.15) is 0 Å². The molecular formula is C17H27NO2. The van der Waals surface area contributed by atoms with Crippen LogP contribution in [0.15, 0.2) is 24.3 Å². The third-order valence-corrected chi connectivity index (χ3v) is 4.34. The normalized spacial score (nSPS) is 24.4. The monoisotopic (exact) mass is 277 g/mol. The number of hydrogen-bond acceptors (Lipinski definition) is 3. The van der Waals surface area contributed by atoms with Gasteiger partial charge in [-0.3, -0.25) is 0 Å². The van der Waals surface area contributed by atoms with Crippen LogP contribution in [0.1, 0.15) is 38.2 Å². The molecule has 1 aliphatic carbocycles. The van der Waals surface area contributed by atoms with Crippen molar-refractivity contribution in [2.45, 2.75) is 51.1 Å². The molecule has 2 rings (SSSR count). The minimum absolute atomic E-state index is 0.312. The molecule has 3 heteroatoms. The Morgan fingerprint density at radius 1 is 1.25 bits per heavy atom. The van der Waals surface area contributed by atoms with Crippen molar-refractivity contribution >= 4 is 0 Å². The van der Waals surface area contributed by atoms with Crippen LogP contribution in [0.4, 0.5) is 0 Å². The second-order valence-electron chi connectivity index (χ2n) is 5.95. The minimum atomic E-state index is 0.312. The third-order valence-electron chi connectivity index (χ3n) is 4.34. The second-order valence-corrected chi connectivity index (χ2v) is 5.95.